The third-order valence-corrected chi connectivity index (χ3v) is 6.43. The number of benzene rings is 1. The molecule has 5 rings (SSSR count). The van der Waals surface area contributed by atoms with E-state index >= 15 is 0 Å². The lowest BCUT2D eigenvalue weighted by atomic mass is 10.0. The lowest BCUT2D eigenvalue weighted by Gasteiger charge is -2.35. The number of nitrogens with zero attached hydrogens (tertiary/aromatic N) is 4. The van der Waals surface area contributed by atoms with Gasteiger partial charge in [-0.15, -0.1) is 0 Å². The highest BCUT2D eigenvalue weighted by Crippen LogP contribution is 2.46. The predicted molar refractivity (Wildman–Crippen MR) is 117 cm³/mol. The van der Waals surface area contributed by atoms with E-state index in [1.807, 2.05) is 30.3 Å². The van der Waals surface area contributed by atoms with E-state index in [1.54, 1.807) is 17.0 Å². The molecule has 1 fully saturated rings. The van der Waals surface area contributed by atoms with Crippen LogP contribution in [0.15, 0.2) is 53.1 Å². The SMILES string of the molecule is O=C(c1nn2c(c1Cl)N[C@@H](c1ccco1)C[C@@H]2C(F)(F)F)N1CCN(c2ccccc2)CC1. The molecule has 3 aromatic rings. The van der Waals surface area contributed by atoms with E-state index in [0.29, 0.717) is 31.9 Å². The fraction of sp³-hybridized carbons (Fsp3) is 0.364. The van der Waals surface area contributed by atoms with E-state index in [4.69, 9.17) is 16.0 Å². The molecule has 0 radical (unpaired) electrons. The number of carbonyl (C=O) groups excluding carboxylic acids is 1. The zero-order chi connectivity index (χ0) is 23.2. The number of furan rings is 1. The molecule has 1 saturated heterocycles. The summed E-state index contributed by atoms with van der Waals surface area (Å²) in [7, 11) is 0. The van der Waals surface area contributed by atoms with Crippen LogP contribution in [0.1, 0.15) is 34.8 Å². The Balaban J connectivity index is 1.39. The molecule has 2 atom stereocenters. The van der Waals surface area contributed by atoms with Crippen LogP contribution in [0.3, 0.4) is 0 Å². The van der Waals surface area contributed by atoms with Crippen LogP contribution >= 0.6 is 11.6 Å². The van der Waals surface area contributed by atoms with Gasteiger partial charge in [0.15, 0.2) is 11.7 Å². The van der Waals surface area contributed by atoms with Gasteiger partial charge in [0.2, 0.25) is 0 Å². The molecular weight excluding hydrogens is 459 g/mol. The highest BCUT2D eigenvalue weighted by atomic mass is 35.5. The molecule has 0 spiro atoms. The third-order valence-electron chi connectivity index (χ3n) is 6.07. The summed E-state index contributed by atoms with van der Waals surface area (Å²) >= 11 is 6.42. The Morgan fingerprint density at radius 3 is 2.45 bits per heavy atom. The molecule has 4 heterocycles. The number of alkyl halides is 3. The largest absolute Gasteiger partial charge is 0.467 e. The molecule has 174 valence electrons. The van der Waals surface area contributed by atoms with Gasteiger partial charge in [-0.2, -0.15) is 18.3 Å². The van der Waals surface area contributed by atoms with Gasteiger partial charge in [0.05, 0.1) is 12.3 Å². The Bertz CT molecular complexity index is 1130. The maximum absolute atomic E-state index is 13.9. The van der Waals surface area contributed by atoms with Gasteiger partial charge in [0.25, 0.3) is 5.91 Å². The number of aromatic nitrogens is 2. The molecular formula is C22H21ClF3N5O2. The van der Waals surface area contributed by atoms with Crippen molar-refractivity contribution >= 4 is 29.0 Å². The summed E-state index contributed by atoms with van der Waals surface area (Å²) in [6.07, 6.45) is -3.50. The molecule has 2 aliphatic rings. The molecule has 7 nitrogen and oxygen atoms in total. The average Bonchev–Trinajstić information content (AvgIpc) is 3.47. The molecule has 1 aromatic carbocycles. The predicted octanol–water partition coefficient (Wildman–Crippen LogP) is 4.75. The highest BCUT2D eigenvalue weighted by Gasteiger charge is 2.48. The van der Waals surface area contributed by atoms with Crippen molar-refractivity contribution in [2.24, 2.45) is 0 Å². The number of rotatable bonds is 3. The highest BCUT2D eigenvalue weighted by molar-refractivity contribution is 6.36. The first-order chi connectivity index (χ1) is 15.8. The van der Waals surface area contributed by atoms with Crippen molar-refractivity contribution in [3.8, 4) is 0 Å². The van der Waals surface area contributed by atoms with Crippen LogP contribution in [0.25, 0.3) is 0 Å². The number of amides is 1. The lowest BCUT2D eigenvalue weighted by Crippen LogP contribution is -2.49. The lowest BCUT2D eigenvalue weighted by molar-refractivity contribution is -0.174. The van der Waals surface area contributed by atoms with Crippen LogP contribution in [-0.2, 0) is 0 Å². The summed E-state index contributed by atoms with van der Waals surface area (Å²) in [4.78, 5) is 16.9. The minimum absolute atomic E-state index is 0.0297. The number of halogens is 4. The second kappa shape index (κ2) is 8.33. The molecule has 1 amide bonds. The fourth-order valence-corrected chi connectivity index (χ4v) is 4.62. The Morgan fingerprint density at radius 1 is 1.09 bits per heavy atom. The smallest absolute Gasteiger partial charge is 0.410 e. The molecule has 0 unspecified atom stereocenters. The van der Waals surface area contributed by atoms with E-state index in [2.05, 4.69) is 15.3 Å². The fourth-order valence-electron chi connectivity index (χ4n) is 4.36. The Hall–Kier alpha value is -3.14. The van der Waals surface area contributed by atoms with Gasteiger partial charge < -0.3 is 19.5 Å². The topological polar surface area (TPSA) is 66.5 Å². The second-order valence-electron chi connectivity index (χ2n) is 8.08. The quantitative estimate of drug-likeness (QED) is 0.587. The minimum Gasteiger partial charge on any atom is -0.467 e. The third kappa shape index (κ3) is 4.03. The van der Waals surface area contributed by atoms with Crippen molar-refractivity contribution in [2.45, 2.75) is 24.7 Å². The van der Waals surface area contributed by atoms with Gasteiger partial charge in [-0.3, -0.25) is 4.79 Å². The zero-order valence-electron chi connectivity index (χ0n) is 17.4. The van der Waals surface area contributed by atoms with Crippen molar-refractivity contribution in [1.82, 2.24) is 14.7 Å². The van der Waals surface area contributed by atoms with Crippen LogP contribution in [0.5, 0.6) is 0 Å². The van der Waals surface area contributed by atoms with Crippen molar-refractivity contribution < 1.29 is 22.4 Å². The summed E-state index contributed by atoms with van der Waals surface area (Å²) in [6.45, 7) is 2.03. The summed E-state index contributed by atoms with van der Waals surface area (Å²) in [5, 5.41) is 6.89. The van der Waals surface area contributed by atoms with E-state index in [0.717, 1.165) is 10.4 Å². The number of para-hydroxylation sites is 1. The van der Waals surface area contributed by atoms with Crippen LogP contribution in [0, 0.1) is 0 Å². The number of anilines is 2. The van der Waals surface area contributed by atoms with Gasteiger partial charge in [0.1, 0.15) is 16.6 Å². The van der Waals surface area contributed by atoms with Crippen LogP contribution in [0.4, 0.5) is 24.7 Å². The first-order valence-electron chi connectivity index (χ1n) is 10.6. The summed E-state index contributed by atoms with van der Waals surface area (Å²) < 4.78 is 47.7. The molecule has 0 bridgehead atoms. The first kappa shape index (κ1) is 21.7. The molecule has 2 aromatic heterocycles. The van der Waals surface area contributed by atoms with Crippen molar-refractivity contribution in [1.29, 1.82) is 0 Å². The van der Waals surface area contributed by atoms with E-state index < -0.39 is 24.2 Å². The number of hydrogen-bond acceptors (Lipinski definition) is 5. The molecule has 1 N–H and O–H groups in total. The number of hydrogen-bond donors (Lipinski definition) is 1. The van der Waals surface area contributed by atoms with E-state index in [1.165, 1.54) is 6.26 Å². The molecule has 0 saturated carbocycles. The van der Waals surface area contributed by atoms with Gasteiger partial charge in [-0.1, -0.05) is 29.8 Å². The van der Waals surface area contributed by atoms with Crippen molar-refractivity contribution in [2.75, 3.05) is 36.4 Å². The van der Waals surface area contributed by atoms with Gasteiger partial charge in [-0.25, -0.2) is 4.68 Å². The Morgan fingerprint density at radius 2 is 1.82 bits per heavy atom. The molecule has 2 aliphatic heterocycles. The van der Waals surface area contributed by atoms with Crippen LogP contribution < -0.4 is 10.2 Å². The van der Waals surface area contributed by atoms with Gasteiger partial charge in [-0.05, 0) is 24.3 Å². The van der Waals surface area contributed by atoms with Crippen LogP contribution in [-0.4, -0.2) is 52.9 Å². The van der Waals surface area contributed by atoms with Crippen molar-refractivity contribution in [3.05, 3.63) is 65.2 Å². The zero-order valence-corrected chi connectivity index (χ0v) is 18.2. The van der Waals surface area contributed by atoms with Gasteiger partial charge >= 0.3 is 6.18 Å². The molecule has 0 aliphatic carbocycles. The normalized spacial score (nSPS) is 21.0. The summed E-state index contributed by atoms with van der Waals surface area (Å²) in [5.74, 6) is -0.150. The average molecular weight is 480 g/mol. The van der Waals surface area contributed by atoms with Crippen LogP contribution in [0.2, 0.25) is 5.02 Å². The minimum atomic E-state index is -4.57. The second-order valence-corrected chi connectivity index (χ2v) is 8.45. The number of nitrogens with one attached hydrogen (secondary N) is 1. The summed E-state index contributed by atoms with van der Waals surface area (Å²) in [6, 6.07) is 10.4. The first-order valence-corrected chi connectivity index (χ1v) is 10.9. The molecule has 11 heteroatoms. The number of fused-ring (bicyclic) bond motifs is 1. The van der Waals surface area contributed by atoms with E-state index in [9.17, 15) is 18.0 Å². The monoisotopic (exact) mass is 479 g/mol. The maximum atomic E-state index is 13.9. The molecule has 33 heavy (non-hydrogen) atoms. The van der Waals surface area contributed by atoms with E-state index in [-0.39, 0.29) is 23.0 Å². The summed E-state index contributed by atoms with van der Waals surface area (Å²) in [5.41, 5.74) is 0.878. The van der Waals surface area contributed by atoms with Gasteiger partial charge in [0, 0.05) is 38.3 Å². The van der Waals surface area contributed by atoms with Crippen molar-refractivity contribution in [3.63, 3.8) is 0 Å². The number of carbonyl (C=O) groups is 1. The Labute approximate surface area is 192 Å². The Kier molecular flexibility index (Phi) is 5.48. The maximum Gasteiger partial charge on any atom is 0.410 e. The standard InChI is InChI=1S/C22H21ClF3N5O2/c23-18-19(21(32)30-10-8-29(9-11-30)14-5-2-1-3-6-14)28-31-17(22(24,25)26)13-15(27-20(18)31)16-7-4-12-33-16/h1-7,12,15,17,27H,8-11,13H2/t15-,17-/m1/s1. The number of piperazine rings is 1.